The van der Waals surface area contributed by atoms with E-state index in [1.54, 1.807) is 6.20 Å². The van der Waals surface area contributed by atoms with Crippen LogP contribution in [0.1, 0.15) is 43.9 Å². The van der Waals surface area contributed by atoms with Gasteiger partial charge in [-0.2, -0.15) is 0 Å². The van der Waals surface area contributed by atoms with Gasteiger partial charge in [0.2, 0.25) is 0 Å². The van der Waals surface area contributed by atoms with Gasteiger partial charge in [0.1, 0.15) is 4.99 Å². The minimum absolute atomic E-state index is 0.376. The fourth-order valence-electron chi connectivity index (χ4n) is 2.51. The number of aromatic nitrogens is 1. The molecule has 1 saturated heterocycles. The Hall–Kier alpha value is -1.00. The number of thiocarbonyl (C=S) groups is 1. The SMILES string of the molecule is CC1CCCCCN1Cc1ccnc(C(N)=S)c1. The topological polar surface area (TPSA) is 42.2 Å². The average molecular weight is 263 g/mol. The van der Waals surface area contributed by atoms with Crippen molar-refractivity contribution in [2.75, 3.05) is 6.54 Å². The normalized spacial score (nSPS) is 21.5. The highest BCUT2D eigenvalue weighted by atomic mass is 32.1. The molecule has 1 aromatic heterocycles. The Morgan fingerprint density at radius 1 is 1.50 bits per heavy atom. The van der Waals surface area contributed by atoms with Gasteiger partial charge in [0.15, 0.2) is 0 Å². The van der Waals surface area contributed by atoms with E-state index in [1.807, 2.05) is 6.07 Å². The van der Waals surface area contributed by atoms with Crippen molar-refractivity contribution in [2.45, 2.75) is 45.2 Å². The van der Waals surface area contributed by atoms with Gasteiger partial charge in [0.25, 0.3) is 0 Å². The van der Waals surface area contributed by atoms with Crippen LogP contribution in [0.2, 0.25) is 0 Å². The molecule has 1 atom stereocenters. The predicted octanol–water partition coefficient (Wildman–Crippen LogP) is 2.48. The Bertz CT molecular complexity index is 419. The van der Waals surface area contributed by atoms with Crippen LogP contribution in [0.4, 0.5) is 0 Å². The minimum atomic E-state index is 0.376. The lowest BCUT2D eigenvalue weighted by Crippen LogP contribution is -2.32. The second-order valence-corrected chi connectivity index (χ2v) is 5.52. The maximum atomic E-state index is 5.62. The van der Waals surface area contributed by atoms with Crippen LogP contribution in [-0.2, 0) is 6.54 Å². The standard InChI is InChI=1S/C14H21N3S/c1-11-5-3-2-4-8-17(11)10-12-6-7-16-13(9-12)14(15)18/h6-7,9,11H,2-5,8,10H2,1H3,(H2,15,18). The van der Waals surface area contributed by atoms with E-state index in [-0.39, 0.29) is 0 Å². The second kappa shape index (κ2) is 6.25. The van der Waals surface area contributed by atoms with Crippen LogP contribution < -0.4 is 5.73 Å². The van der Waals surface area contributed by atoms with Gasteiger partial charge >= 0.3 is 0 Å². The van der Waals surface area contributed by atoms with E-state index in [2.05, 4.69) is 22.9 Å². The molecule has 0 saturated carbocycles. The average Bonchev–Trinajstić information content (AvgIpc) is 2.55. The fourth-order valence-corrected chi connectivity index (χ4v) is 2.62. The highest BCUT2D eigenvalue weighted by Crippen LogP contribution is 2.18. The van der Waals surface area contributed by atoms with Gasteiger partial charge in [-0.25, -0.2) is 0 Å². The van der Waals surface area contributed by atoms with Crippen molar-refractivity contribution in [3.8, 4) is 0 Å². The van der Waals surface area contributed by atoms with Crippen LogP contribution in [0, 0.1) is 0 Å². The van der Waals surface area contributed by atoms with Crippen molar-refractivity contribution in [1.82, 2.24) is 9.88 Å². The Morgan fingerprint density at radius 2 is 2.33 bits per heavy atom. The van der Waals surface area contributed by atoms with Crippen LogP contribution >= 0.6 is 12.2 Å². The second-order valence-electron chi connectivity index (χ2n) is 5.08. The predicted molar refractivity (Wildman–Crippen MR) is 78.5 cm³/mol. The maximum Gasteiger partial charge on any atom is 0.122 e. The number of hydrogen-bond acceptors (Lipinski definition) is 3. The summed E-state index contributed by atoms with van der Waals surface area (Å²) in [5.41, 5.74) is 7.60. The molecule has 1 unspecified atom stereocenters. The molecule has 2 heterocycles. The first-order valence-electron chi connectivity index (χ1n) is 6.65. The van der Waals surface area contributed by atoms with Crippen LogP contribution in [0.5, 0.6) is 0 Å². The van der Waals surface area contributed by atoms with Crippen molar-refractivity contribution >= 4 is 17.2 Å². The van der Waals surface area contributed by atoms with E-state index in [9.17, 15) is 0 Å². The highest BCUT2D eigenvalue weighted by Gasteiger charge is 2.17. The Morgan fingerprint density at radius 3 is 3.11 bits per heavy atom. The molecule has 18 heavy (non-hydrogen) atoms. The smallest absolute Gasteiger partial charge is 0.122 e. The molecule has 2 N–H and O–H groups in total. The zero-order valence-corrected chi connectivity index (χ0v) is 11.7. The van der Waals surface area contributed by atoms with Gasteiger partial charge in [-0.3, -0.25) is 9.88 Å². The quantitative estimate of drug-likeness (QED) is 0.851. The van der Waals surface area contributed by atoms with Gasteiger partial charge in [0.05, 0.1) is 5.69 Å². The molecule has 4 heteroatoms. The van der Waals surface area contributed by atoms with E-state index < -0.39 is 0 Å². The molecule has 3 nitrogen and oxygen atoms in total. The van der Waals surface area contributed by atoms with E-state index in [4.69, 9.17) is 18.0 Å². The lowest BCUT2D eigenvalue weighted by atomic mass is 10.1. The highest BCUT2D eigenvalue weighted by molar-refractivity contribution is 7.80. The molecule has 1 aliphatic rings. The van der Waals surface area contributed by atoms with Gasteiger partial charge < -0.3 is 5.73 Å². The zero-order chi connectivity index (χ0) is 13.0. The first-order valence-corrected chi connectivity index (χ1v) is 7.06. The monoisotopic (exact) mass is 263 g/mol. The number of nitrogens with zero attached hydrogens (tertiary/aromatic N) is 2. The molecule has 0 aliphatic carbocycles. The van der Waals surface area contributed by atoms with Crippen LogP contribution in [0.3, 0.4) is 0 Å². The number of nitrogens with two attached hydrogens (primary N) is 1. The number of rotatable bonds is 3. The summed E-state index contributed by atoms with van der Waals surface area (Å²) in [5, 5.41) is 0. The van der Waals surface area contributed by atoms with Crippen molar-refractivity contribution < 1.29 is 0 Å². The minimum Gasteiger partial charge on any atom is -0.388 e. The summed E-state index contributed by atoms with van der Waals surface area (Å²) >= 11 is 4.97. The van der Waals surface area contributed by atoms with Crippen molar-refractivity contribution in [3.05, 3.63) is 29.6 Å². The van der Waals surface area contributed by atoms with Gasteiger partial charge in [-0.15, -0.1) is 0 Å². The van der Waals surface area contributed by atoms with Gasteiger partial charge in [-0.05, 0) is 44.0 Å². The summed E-state index contributed by atoms with van der Waals surface area (Å²) in [6.45, 7) is 4.48. The van der Waals surface area contributed by atoms with E-state index in [1.165, 1.54) is 37.8 Å². The zero-order valence-electron chi connectivity index (χ0n) is 10.9. The molecule has 0 radical (unpaired) electrons. The Labute approximate surface area is 114 Å². The van der Waals surface area contributed by atoms with Crippen molar-refractivity contribution in [2.24, 2.45) is 5.73 Å². The van der Waals surface area contributed by atoms with Crippen LogP contribution in [-0.4, -0.2) is 27.5 Å². The first-order chi connectivity index (χ1) is 8.66. The van der Waals surface area contributed by atoms with E-state index >= 15 is 0 Å². The lowest BCUT2D eigenvalue weighted by Gasteiger charge is -2.26. The fraction of sp³-hybridized carbons (Fsp3) is 0.571. The molecule has 0 amide bonds. The third-order valence-corrected chi connectivity index (χ3v) is 3.86. The molecule has 0 spiro atoms. The third-order valence-electron chi connectivity index (χ3n) is 3.65. The maximum absolute atomic E-state index is 5.62. The summed E-state index contributed by atoms with van der Waals surface area (Å²) in [5.74, 6) is 0. The Balaban J connectivity index is 2.07. The molecular formula is C14H21N3S. The summed E-state index contributed by atoms with van der Waals surface area (Å²) in [6.07, 6.45) is 7.11. The lowest BCUT2D eigenvalue weighted by molar-refractivity contribution is 0.205. The van der Waals surface area contributed by atoms with Crippen molar-refractivity contribution in [3.63, 3.8) is 0 Å². The van der Waals surface area contributed by atoms with E-state index in [0.717, 1.165) is 12.2 Å². The first kappa shape index (κ1) is 13.4. The van der Waals surface area contributed by atoms with Crippen molar-refractivity contribution in [1.29, 1.82) is 0 Å². The molecule has 0 bridgehead atoms. The summed E-state index contributed by atoms with van der Waals surface area (Å²) < 4.78 is 0. The summed E-state index contributed by atoms with van der Waals surface area (Å²) in [6, 6.07) is 4.73. The molecule has 1 aliphatic heterocycles. The summed E-state index contributed by atoms with van der Waals surface area (Å²) in [4.78, 5) is 7.11. The van der Waals surface area contributed by atoms with E-state index in [0.29, 0.717) is 11.0 Å². The molecule has 98 valence electrons. The number of pyridine rings is 1. The number of likely N-dealkylation sites (tertiary alicyclic amines) is 1. The third kappa shape index (κ3) is 3.50. The molecule has 1 fully saturated rings. The van der Waals surface area contributed by atoms with Crippen LogP contribution in [0.25, 0.3) is 0 Å². The van der Waals surface area contributed by atoms with Gasteiger partial charge in [-0.1, -0.05) is 25.1 Å². The Kier molecular flexibility index (Phi) is 4.66. The molecule has 2 rings (SSSR count). The largest absolute Gasteiger partial charge is 0.388 e. The molecule has 1 aromatic rings. The number of hydrogen-bond donors (Lipinski definition) is 1. The summed E-state index contributed by atoms with van der Waals surface area (Å²) in [7, 11) is 0. The molecular weight excluding hydrogens is 242 g/mol. The van der Waals surface area contributed by atoms with Crippen LogP contribution in [0.15, 0.2) is 18.3 Å². The molecule has 0 aromatic carbocycles. The van der Waals surface area contributed by atoms with Gasteiger partial charge in [0, 0.05) is 18.8 Å².